The van der Waals surface area contributed by atoms with Crippen molar-refractivity contribution in [3.05, 3.63) is 48.0 Å². The Kier molecular flexibility index (Phi) is 7.30. The van der Waals surface area contributed by atoms with Crippen LogP contribution < -0.4 is 5.73 Å². The average molecular weight is 366 g/mol. The fourth-order valence-corrected chi connectivity index (χ4v) is 2.88. The Hall–Kier alpha value is -1.30. The lowest BCUT2D eigenvalue weighted by molar-refractivity contribution is -0.114. The summed E-state index contributed by atoms with van der Waals surface area (Å²) in [6.07, 6.45) is 2.58. The minimum Gasteiger partial charge on any atom is -0.403 e. The Labute approximate surface area is 157 Å². The fourth-order valence-electron chi connectivity index (χ4n) is 2.88. The van der Waals surface area contributed by atoms with Gasteiger partial charge in [-0.3, -0.25) is 4.79 Å². The van der Waals surface area contributed by atoms with E-state index in [2.05, 4.69) is 18.7 Å². The molecule has 25 heavy (non-hydrogen) atoms. The van der Waals surface area contributed by atoms with E-state index in [0.29, 0.717) is 5.57 Å². The molecule has 0 spiro atoms. The Morgan fingerprint density at radius 3 is 2.16 bits per heavy atom. The van der Waals surface area contributed by atoms with Gasteiger partial charge in [-0.15, -0.1) is 12.4 Å². The third kappa shape index (κ3) is 5.10. The van der Waals surface area contributed by atoms with Crippen LogP contribution in [0.2, 0.25) is 5.82 Å². The van der Waals surface area contributed by atoms with Crippen molar-refractivity contribution in [3.8, 4) is 0 Å². The molecule has 6 heteroatoms. The second kappa shape index (κ2) is 8.39. The smallest absolute Gasteiger partial charge is 0.403 e. The first kappa shape index (κ1) is 21.7. The van der Waals surface area contributed by atoms with Gasteiger partial charge in [-0.1, -0.05) is 36.9 Å². The summed E-state index contributed by atoms with van der Waals surface area (Å²) in [6.45, 7) is 11.9. The molecule has 1 saturated heterocycles. The zero-order chi connectivity index (χ0) is 18.0. The van der Waals surface area contributed by atoms with Crippen molar-refractivity contribution in [2.45, 2.75) is 64.0 Å². The Bertz CT molecular complexity index is 588. The number of carbonyl (C=O) groups excluding carboxylic acids is 1. The predicted octanol–water partition coefficient (Wildman–Crippen LogP) is 3.94. The monoisotopic (exact) mass is 365 g/mol. The van der Waals surface area contributed by atoms with Crippen molar-refractivity contribution in [3.63, 3.8) is 0 Å². The van der Waals surface area contributed by atoms with Crippen molar-refractivity contribution < 1.29 is 14.1 Å². The predicted molar refractivity (Wildman–Crippen MR) is 105 cm³/mol. The van der Waals surface area contributed by atoms with Crippen LogP contribution in [0, 0.1) is 0 Å². The van der Waals surface area contributed by atoms with E-state index in [1.165, 1.54) is 5.56 Å². The Balaban J connectivity index is 0.00000312. The van der Waals surface area contributed by atoms with Crippen LogP contribution in [0.3, 0.4) is 0 Å². The number of halogens is 1. The summed E-state index contributed by atoms with van der Waals surface area (Å²) in [7, 11) is -0.495. The van der Waals surface area contributed by atoms with Gasteiger partial charge in [0, 0.05) is 11.4 Å². The van der Waals surface area contributed by atoms with Crippen molar-refractivity contribution in [1.82, 2.24) is 0 Å². The third-order valence-electron chi connectivity index (χ3n) is 5.19. The van der Waals surface area contributed by atoms with Gasteiger partial charge < -0.3 is 15.0 Å². The standard InChI is InChI=1S/C19H28BNO3.ClH/c1-14(17(21)22)16(13-9-12-15-10-7-6-8-11-15)20-23-18(2,3)19(4,5)24-20;/h6-8,10-11,16H,1,9,12-13H2,2-5H3,(H2,21,22);1H/t16-;/m1./s1. The first-order valence-corrected chi connectivity index (χ1v) is 8.52. The number of aryl methyl sites for hydroxylation is 1. The van der Waals surface area contributed by atoms with Crippen LogP contribution in [0.25, 0.3) is 0 Å². The number of carbonyl (C=O) groups is 1. The number of primary amides is 1. The lowest BCUT2D eigenvalue weighted by atomic mass is 9.65. The molecule has 1 aliphatic rings. The molecular formula is C19H29BClNO3. The van der Waals surface area contributed by atoms with Gasteiger partial charge in [-0.05, 0) is 52.5 Å². The number of rotatable bonds is 7. The van der Waals surface area contributed by atoms with Crippen LogP contribution >= 0.6 is 12.4 Å². The highest BCUT2D eigenvalue weighted by molar-refractivity contribution is 6.49. The zero-order valence-corrected chi connectivity index (χ0v) is 16.4. The minimum absolute atomic E-state index is 0. The molecule has 1 atom stereocenters. The Morgan fingerprint density at radius 2 is 1.68 bits per heavy atom. The van der Waals surface area contributed by atoms with Crippen LogP contribution in [0.15, 0.2) is 42.5 Å². The van der Waals surface area contributed by atoms with Crippen molar-refractivity contribution in [1.29, 1.82) is 0 Å². The van der Waals surface area contributed by atoms with Crippen LogP contribution in [0.1, 0.15) is 46.1 Å². The number of amides is 1. The van der Waals surface area contributed by atoms with Gasteiger partial charge in [-0.2, -0.15) is 0 Å². The SMILES string of the molecule is C=C(C(N)=O)[C@@H](CCCc1ccccc1)B1OC(C)(C)C(C)(C)O1.Cl. The van der Waals surface area contributed by atoms with E-state index in [1.807, 2.05) is 45.9 Å². The molecule has 0 aliphatic carbocycles. The van der Waals surface area contributed by atoms with E-state index in [0.717, 1.165) is 19.3 Å². The third-order valence-corrected chi connectivity index (χ3v) is 5.19. The number of hydrogen-bond donors (Lipinski definition) is 1. The molecule has 2 rings (SSSR count). The molecule has 1 aromatic rings. The highest BCUT2D eigenvalue weighted by Crippen LogP contribution is 2.43. The normalized spacial score (nSPS) is 19.1. The lowest BCUT2D eigenvalue weighted by Crippen LogP contribution is -2.41. The molecule has 138 valence electrons. The van der Waals surface area contributed by atoms with E-state index in [-0.39, 0.29) is 18.2 Å². The average Bonchev–Trinajstić information content (AvgIpc) is 2.72. The topological polar surface area (TPSA) is 61.6 Å². The highest BCUT2D eigenvalue weighted by atomic mass is 35.5. The van der Waals surface area contributed by atoms with Gasteiger partial charge >= 0.3 is 7.12 Å². The molecule has 0 aromatic heterocycles. The van der Waals surface area contributed by atoms with Crippen molar-refractivity contribution >= 4 is 25.4 Å². The largest absolute Gasteiger partial charge is 0.466 e. The molecule has 0 unspecified atom stereocenters. The maximum atomic E-state index is 11.7. The maximum Gasteiger partial charge on any atom is 0.466 e. The molecule has 1 amide bonds. The van der Waals surface area contributed by atoms with Gasteiger partial charge in [0.05, 0.1) is 11.2 Å². The lowest BCUT2D eigenvalue weighted by Gasteiger charge is -2.32. The number of benzene rings is 1. The first-order valence-electron chi connectivity index (χ1n) is 8.52. The van der Waals surface area contributed by atoms with Gasteiger partial charge in [0.25, 0.3) is 0 Å². The molecule has 1 heterocycles. The molecule has 0 radical (unpaired) electrons. The Morgan fingerprint density at radius 1 is 1.16 bits per heavy atom. The highest BCUT2D eigenvalue weighted by Gasteiger charge is 2.54. The summed E-state index contributed by atoms with van der Waals surface area (Å²) >= 11 is 0. The van der Waals surface area contributed by atoms with Crippen LogP contribution in [0.4, 0.5) is 0 Å². The van der Waals surface area contributed by atoms with Gasteiger partial charge in [0.1, 0.15) is 0 Å². The van der Waals surface area contributed by atoms with Crippen LogP contribution in [-0.4, -0.2) is 24.2 Å². The van der Waals surface area contributed by atoms with E-state index in [1.54, 1.807) is 0 Å². The molecule has 1 fully saturated rings. The van der Waals surface area contributed by atoms with Crippen molar-refractivity contribution in [2.75, 3.05) is 0 Å². The second-order valence-corrected chi connectivity index (χ2v) is 7.50. The summed E-state index contributed by atoms with van der Waals surface area (Å²) in [5.74, 6) is -0.721. The van der Waals surface area contributed by atoms with E-state index in [4.69, 9.17) is 15.0 Å². The minimum atomic E-state index is -0.495. The van der Waals surface area contributed by atoms with Crippen LogP contribution in [0.5, 0.6) is 0 Å². The van der Waals surface area contributed by atoms with Gasteiger partial charge in [0.15, 0.2) is 0 Å². The molecule has 1 aromatic carbocycles. The summed E-state index contributed by atoms with van der Waals surface area (Å²) in [5, 5.41) is 0. The van der Waals surface area contributed by atoms with Gasteiger partial charge in [0.2, 0.25) is 5.91 Å². The summed E-state index contributed by atoms with van der Waals surface area (Å²) in [4.78, 5) is 11.7. The van der Waals surface area contributed by atoms with Crippen molar-refractivity contribution in [2.24, 2.45) is 5.73 Å². The maximum absolute atomic E-state index is 11.7. The van der Waals surface area contributed by atoms with Crippen LogP contribution in [-0.2, 0) is 20.5 Å². The molecule has 1 aliphatic heterocycles. The molecular weight excluding hydrogens is 336 g/mol. The number of hydrogen-bond acceptors (Lipinski definition) is 3. The first-order chi connectivity index (χ1) is 11.1. The fraction of sp³-hybridized carbons (Fsp3) is 0.526. The molecule has 0 saturated carbocycles. The van der Waals surface area contributed by atoms with E-state index >= 15 is 0 Å². The second-order valence-electron chi connectivity index (χ2n) is 7.50. The van der Waals surface area contributed by atoms with Gasteiger partial charge in [-0.25, -0.2) is 0 Å². The zero-order valence-electron chi connectivity index (χ0n) is 15.6. The van der Waals surface area contributed by atoms with E-state index in [9.17, 15) is 4.79 Å². The summed E-state index contributed by atoms with van der Waals surface area (Å²) < 4.78 is 12.2. The molecule has 2 N–H and O–H groups in total. The summed E-state index contributed by atoms with van der Waals surface area (Å²) in [5.41, 5.74) is 6.25. The summed E-state index contributed by atoms with van der Waals surface area (Å²) in [6, 6.07) is 10.3. The molecule has 0 bridgehead atoms. The quantitative estimate of drug-likeness (QED) is 0.588. The number of nitrogens with two attached hydrogens (primary N) is 1. The van der Waals surface area contributed by atoms with E-state index < -0.39 is 24.2 Å². The molecule has 4 nitrogen and oxygen atoms in total.